The Morgan fingerprint density at radius 3 is 2.00 bits per heavy atom. The fraction of sp³-hybridized carbons (Fsp3) is 0.182. The van der Waals surface area contributed by atoms with E-state index in [1.165, 1.54) is 0 Å². The monoisotopic (exact) mass is 395 g/mol. The normalized spacial score (nSPS) is 17.4. The summed E-state index contributed by atoms with van der Waals surface area (Å²) in [7, 11) is -3.55. The summed E-state index contributed by atoms with van der Waals surface area (Å²) < 4.78 is 28.7. The van der Waals surface area contributed by atoms with E-state index in [9.17, 15) is 8.42 Å². The minimum absolute atomic E-state index is 0.0869. The number of hydrogen-bond donors (Lipinski definition) is 1. The average molecular weight is 396 g/mol. The lowest BCUT2D eigenvalue weighted by molar-refractivity contribution is 0.551. The summed E-state index contributed by atoms with van der Waals surface area (Å²) >= 11 is 1.80. The first-order valence-corrected chi connectivity index (χ1v) is 11.5. The predicted octanol–water partition coefficient (Wildman–Crippen LogP) is 4.36. The molecule has 0 radical (unpaired) electrons. The molecule has 4 rings (SSSR count). The summed E-state index contributed by atoms with van der Waals surface area (Å²) in [4.78, 5) is 0.311. The van der Waals surface area contributed by atoms with Crippen LogP contribution in [0.15, 0.2) is 89.8 Å². The number of benzene rings is 3. The highest BCUT2D eigenvalue weighted by Gasteiger charge is 2.35. The van der Waals surface area contributed by atoms with Gasteiger partial charge < -0.3 is 0 Å². The molecule has 0 amide bonds. The van der Waals surface area contributed by atoms with Crippen LogP contribution in [0.4, 0.5) is 0 Å². The van der Waals surface area contributed by atoms with E-state index < -0.39 is 10.0 Å². The van der Waals surface area contributed by atoms with Gasteiger partial charge in [0.2, 0.25) is 10.0 Å². The third-order valence-corrected chi connectivity index (χ3v) is 7.24. The molecule has 0 aromatic heterocycles. The van der Waals surface area contributed by atoms with Crippen LogP contribution in [-0.2, 0) is 16.4 Å². The molecule has 0 bridgehead atoms. The number of thioether (sulfide) groups is 1. The highest BCUT2D eigenvalue weighted by Crippen LogP contribution is 2.35. The molecule has 3 aromatic rings. The summed E-state index contributed by atoms with van der Waals surface area (Å²) in [5.74, 6) is 1.01. The smallest absolute Gasteiger partial charge is 0.207 e. The minimum Gasteiger partial charge on any atom is -0.207 e. The highest BCUT2D eigenvalue weighted by atomic mass is 32.2. The molecule has 0 saturated carbocycles. The molecule has 3 aromatic carbocycles. The van der Waals surface area contributed by atoms with Crippen LogP contribution >= 0.6 is 11.8 Å². The SMILES string of the molecule is O=S(=O)(N[C@H](Cc1ccccc1)[C@H]1CS1)c1ccc(-c2ccccc2)cc1. The molecule has 1 saturated heterocycles. The van der Waals surface area contributed by atoms with Crippen molar-refractivity contribution in [1.82, 2.24) is 4.72 Å². The number of hydrogen-bond acceptors (Lipinski definition) is 3. The quantitative estimate of drug-likeness (QED) is 0.605. The van der Waals surface area contributed by atoms with Gasteiger partial charge in [-0.1, -0.05) is 72.8 Å². The summed E-state index contributed by atoms with van der Waals surface area (Å²) in [6.07, 6.45) is 0.708. The van der Waals surface area contributed by atoms with E-state index in [4.69, 9.17) is 0 Å². The lowest BCUT2D eigenvalue weighted by atomic mass is 10.1. The standard InChI is InChI=1S/C22H21NO2S2/c24-27(25,20-13-11-19(12-14-20)18-9-5-2-6-10-18)23-21(22-16-26-22)15-17-7-3-1-4-8-17/h1-14,21-23H,15-16H2/t21-,22-/m1/s1. The van der Waals surface area contributed by atoms with E-state index in [1.54, 1.807) is 23.9 Å². The molecule has 138 valence electrons. The van der Waals surface area contributed by atoms with Crippen molar-refractivity contribution in [2.75, 3.05) is 5.75 Å². The summed E-state index contributed by atoms with van der Waals surface area (Å²) in [5, 5.41) is 0.351. The molecule has 0 aliphatic carbocycles. The molecule has 1 N–H and O–H groups in total. The van der Waals surface area contributed by atoms with Crippen LogP contribution in [0.1, 0.15) is 5.56 Å². The van der Waals surface area contributed by atoms with Gasteiger partial charge in [0.15, 0.2) is 0 Å². The second kappa shape index (κ2) is 7.89. The van der Waals surface area contributed by atoms with Crippen LogP contribution in [0.3, 0.4) is 0 Å². The van der Waals surface area contributed by atoms with Gasteiger partial charge in [-0.25, -0.2) is 13.1 Å². The van der Waals surface area contributed by atoms with Crippen molar-refractivity contribution in [2.24, 2.45) is 0 Å². The Balaban J connectivity index is 1.51. The fourth-order valence-electron chi connectivity index (χ4n) is 3.13. The van der Waals surface area contributed by atoms with Crippen molar-refractivity contribution in [3.63, 3.8) is 0 Å². The molecule has 27 heavy (non-hydrogen) atoms. The lowest BCUT2D eigenvalue weighted by Gasteiger charge is -2.18. The van der Waals surface area contributed by atoms with Gasteiger partial charge in [-0.05, 0) is 35.2 Å². The summed E-state index contributed by atoms with van der Waals surface area (Å²) in [5.41, 5.74) is 3.23. The van der Waals surface area contributed by atoms with Crippen molar-refractivity contribution in [2.45, 2.75) is 22.6 Å². The van der Waals surface area contributed by atoms with Crippen LogP contribution < -0.4 is 4.72 Å². The van der Waals surface area contributed by atoms with E-state index >= 15 is 0 Å². The van der Waals surface area contributed by atoms with Crippen LogP contribution in [0, 0.1) is 0 Å². The Morgan fingerprint density at radius 1 is 0.852 bits per heavy atom. The van der Waals surface area contributed by atoms with Gasteiger partial charge in [-0.3, -0.25) is 0 Å². The maximum absolute atomic E-state index is 12.9. The van der Waals surface area contributed by atoms with Crippen molar-refractivity contribution in [3.05, 3.63) is 90.5 Å². The van der Waals surface area contributed by atoms with Gasteiger partial charge in [-0.2, -0.15) is 11.8 Å². The zero-order valence-corrected chi connectivity index (χ0v) is 16.4. The Hall–Kier alpha value is -2.08. The molecule has 3 nitrogen and oxygen atoms in total. The third-order valence-electron chi connectivity index (χ3n) is 4.68. The number of rotatable bonds is 7. The lowest BCUT2D eigenvalue weighted by Crippen LogP contribution is -2.39. The van der Waals surface area contributed by atoms with E-state index in [0.29, 0.717) is 16.6 Å². The van der Waals surface area contributed by atoms with Crippen LogP contribution in [0.2, 0.25) is 0 Å². The van der Waals surface area contributed by atoms with Crippen molar-refractivity contribution >= 4 is 21.8 Å². The van der Waals surface area contributed by atoms with E-state index in [2.05, 4.69) is 4.72 Å². The fourth-order valence-corrected chi connectivity index (χ4v) is 5.23. The van der Waals surface area contributed by atoms with E-state index in [-0.39, 0.29) is 6.04 Å². The number of sulfonamides is 1. The zero-order valence-electron chi connectivity index (χ0n) is 14.8. The summed E-state index contributed by atoms with van der Waals surface area (Å²) in [6, 6.07) is 27.0. The maximum Gasteiger partial charge on any atom is 0.240 e. The second-order valence-electron chi connectivity index (χ2n) is 6.68. The van der Waals surface area contributed by atoms with Crippen LogP contribution in [0.5, 0.6) is 0 Å². The largest absolute Gasteiger partial charge is 0.240 e. The Labute approximate surface area is 164 Å². The minimum atomic E-state index is -3.55. The molecular weight excluding hydrogens is 374 g/mol. The first kappa shape index (κ1) is 18.3. The molecule has 2 atom stereocenters. The predicted molar refractivity (Wildman–Crippen MR) is 112 cm³/mol. The second-order valence-corrected chi connectivity index (χ2v) is 9.67. The Morgan fingerprint density at radius 2 is 1.41 bits per heavy atom. The molecular formula is C22H21NO2S2. The van der Waals surface area contributed by atoms with E-state index in [1.807, 2.05) is 72.8 Å². The third kappa shape index (κ3) is 4.61. The Kier molecular flexibility index (Phi) is 5.34. The van der Waals surface area contributed by atoms with Crippen molar-refractivity contribution < 1.29 is 8.42 Å². The van der Waals surface area contributed by atoms with Crippen LogP contribution in [0.25, 0.3) is 11.1 Å². The number of nitrogens with one attached hydrogen (secondary N) is 1. The first-order chi connectivity index (χ1) is 13.1. The van der Waals surface area contributed by atoms with Gasteiger partial charge in [0.05, 0.1) is 4.90 Å². The molecule has 1 aliphatic heterocycles. The molecule has 1 heterocycles. The molecule has 5 heteroatoms. The van der Waals surface area contributed by atoms with E-state index in [0.717, 1.165) is 22.4 Å². The van der Waals surface area contributed by atoms with Gasteiger partial charge >= 0.3 is 0 Å². The van der Waals surface area contributed by atoms with Gasteiger partial charge in [0, 0.05) is 17.0 Å². The van der Waals surface area contributed by atoms with Gasteiger partial charge in [0.25, 0.3) is 0 Å². The van der Waals surface area contributed by atoms with Crippen LogP contribution in [-0.4, -0.2) is 25.5 Å². The zero-order chi connectivity index (χ0) is 18.7. The van der Waals surface area contributed by atoms with Crippen molar-refractivity contribution in [1.29, 1.82) is 0 Å². The summed E-state index contributed by atoms with van der Waals surface area (Å²) in [6.45, 7) is 0. The average Bonchev–Trinajstić information content (AvgIpc) is 3.54. The topological polar surface area (TPSA) is 46.2 Å². The Bertz CT molecular complexity index is 984. The molecule has 0 unspecified atom stereocenters. The van der Waals surface area contributed by atoms with Gasteiger partial charge in [-0.15, -0.1) is 0 Å². The van der Waals surface area contributed by atoms with Crippen molar-refractivity contribution in [3.8, 4) is 11.1 Å². The first-order valence-electron chi connectivity index (χ1n) is 8.95. The molecule has 1 aliphatic rings. The molecule has 0 spiro atoms. The molecule has 1 fully saturated rings. The van der Waals surface area contributed by atoms with Gasteiger partial charge in [0.1, 0.15) is 0 Å². The maximum atomic E-state index is 12.9. The highest BCUT2D eigenvalue weighted by molar-refractivity contribution is 8.07.